The zero-order chi connectivity index (χ0) is 12.8. The molecule has 5 nitrogen and oxygen atoms in total. The van der Waals surface area contributed by atoms with Crippen LogP contribution in [0.4, 0.5) is 0 Å². The van der Waals surface area contributed by atoms with Gasteiger partial charge in [0, 0.05) is 5.39 Å². The Hall–Kier alpha value is -1.88. The summed E-state index contributed by atoms with van der Waals surface area (Å²) < 4.78 is 11.9. The Balaban J connectivity index is 2.08. The van der Waals surface area contributed by atoms with Gasteiger partial charge in [-0.25, -0.2) is 4.79 Å². The smallest absolute Gasteiger partial charge is 0.337 e. The van der Waals surface area contributed by atoms with Crippen LogP contribution in [0.3, 0.4) is 0 Å². The van der Waals surface area contributed by atoms with Crippen molar-refractivity contribution in [2.75, 3.05) is 20.3 Å². The van der Waals surface area contributed by atoms with Gasteiger partial charge in [-0.1, -0.05) is 0 Å². The van der Waals surface area contributed by atoms with Gasteiger partial charge in [0.2, 0.25) is 0 Å². The maximum Gasteiger partial charge on any atom is 0.337 e. The van der Waals surface area contributed by atoms with Crippen LogP contribution < -0.4 is 0 Å². The lowest BCUT2D eigenvalue weighted by Gasteiger charge is -2.38. The predicted molar refractivity (Wildman–Crippen MR) is 65.5 cm³/mol. The summed E-state index contributed by atoms with van der Waals surface area (Å²) in [7, 11) is 1.38. The summed E-state index contributed by atoms with van der Waals surface area (Å²) in [5.41, 5.74) is 1.47. The Bertz CT molecular complexity index is 614. The largest absolute Gasteiger partial charge is 0.465 e. The number of ether oxygens (including phenoxy) is 2. The van der Waals surface area contributed by atoms with E-state index >= 15 is 0 Å². The Labute approximate surface area is 104 Å². The molecule has 3 rings (SSSR count). The zero-order valence-electron chi connectivity index (χ0n) is 10.3. The molecule has 0 N–H and O–H groups in total. The Morgan fingerprint density at radius 2 is 2.28 bits per heavy atom. The number of benzene rings is 1. The minimum Gasteiger partial charge on any atom is -0.465 e. The van der Waals surface area contributed by atoms with Crippen LogP contribution in [0.15, 0.2) is 24.4 Å². The van der Waals surface area contributed by atoms with Gasteiger partial charge in [0.25, 0.3) is 0 Å². The second-order valence-electron chi connectivity index (χ2n) is 4.81. The molecule has 1 aromatic carbocycles. The fourth-order valence-electron chi connectivity index (χ4n) is 2.23. The highest BCUT2D eigenvalue weighted by Crippen LogP contribution is 2.29. The fraction of sp³-hybridized carbons (Fsp3) is 0.385. The topological polar surface area (TPSA) is 53.3 Å². The van der Waals surface area contributed by atoms with E-state index in [1.54, 1.807) is 18.3 Å². The Morgan fingerprint density at radius 3 is 2.89 bits per heavy atom. The number of aromatic nitrogens is 2. The van der Waals surface area contributed by atoms with Crippen LogP contribution in [-0.4, -0.2) is 36.1 Å². The third-order valence-electron chi connectivity index (χ3n) is 3.33. The first kappa shape index (κ1) is 11.2. The van der Waals surface area contributed by atoms with Crippen molar-refractivity contribution in [3.63, 3.8) is 0 Å². The molecule has 0 bridgehead atoms. The molecular weight excluding hydrogens is 232 g/mol. The molecule has 0 radical (unpaired) electrons. The first-order valence-electron chi connectivity index (χ1n) is 5.78. The molecule has 0 atom stereocenters. The van der Waals surface area contributed by atoms with Crippen LogP contribution in [0.5, 0.6) is 0 Å². The molecule has 18 heavy (non-hydrogen) atoms. The van der Waals surface area contributed by atoms with E-state index in [0.29, 0.717) is 18.8 Å². The molecule has 1 fully saturated rings. The Morgan fingerprint density at radius 1 is 1.50 bits per heavy atom. The number of carbonyl (C=O) groups is 1. The molecule has 1 aromatic heterocycles. The van der Waals surface area contributed by atoms with Crippen LogP contribution in [0.1, 0.15) is 17.3 Å². The molecule has 2 heterocycles. The first-order valence-corrected chi connectivity index (χ1v) is 5.78. The van der Waals surface area contributed by atoms with Gasteiger partial charge < -0.3 is 9.47 Å². The molecule has 1 aliphatic rings. The van der Waals surface area contributed by atoms with Crippen LogP contribution >= 0.6 is 0 Å². The van der Waals surface area contributed by atoms with Gasteiger partial charge in [-0.2, -0.15) is 5.10 Å². The Kier molecular flexibility index (Phi) is 2.38. The molecule has 1 aliphatic heterocycles. The molecule has 0 amide bonds. The summed E-state index contributed by atoms with van der Waals surface area (Å²) in [4.78, 5) is 11.5. The second-order valence-corrected chi connectivity index (χ2v) is 4.81. The summed E-state index contributed by atoms with van der Waals surface area (Å²) in [5, 5.41) is 5.34. The normalized spacial score (nSPS) is 17.4. The van der Waals surface area contributed by atoms with Gasteiger partial charge in [0.15, 0.2) is 0 Å². The zero-order valence-corrected chi connectivity index (χ0v) is 10.3. The quantitative estimate of drug-likeness (QED) is 0.755. The standard InChI is InChI=1S/C13H14N2O3/c1-13(7-18-8-13)15-11-4-3-9(12(16)17-2)5-10(11)6-14-15/h3-6H,7-8H2,1-2H3. The van der Waals surface area contributed by atoms with Crippen molar-refractivity contribution in [1.82, 2.24) is 9.78 Å². The minimum atomic E-state index is -0.331. The summed E-state index contributed by atoms with van der Waals surface area (Å²) in [6, 6.07) is 5.46. The van der Waals surface area contributed by atoms with Crippen molar-refractivity contribution >= 4 is 16.9 Å². The summed E-state index contributed by atoms with van der Waals surface area (Å²) in [5.74, 6) is -0.331. The number of esters is 1. The van der Waals surface area contributed by atoms with Crippen molar-refractivity contribution < 1.29 is 14.3 Å². The summed E-state index contributed by atoms with van der Waals surface area (Å²) in [6.45, 7) is 3.45. The van der Waals surface area contributed by atoms with Crippen LogP contribution in [0.25, 0.3) is 10.9 Å². The average Bonchev–Trinajstić information content (AvgIpc) is 2.78. The van der Waals surface area contributed by atoms with E-state index in [-0.39, 0.29) is 11.5 Å². The lowest BCUT2D eigenvalue weighted by atomic mass is 10.0. The predicted octanol–water partition coefficient (Wildman–Crippen LogP) is 1.57. The fourth-order valence-corrected chi connectivity index (χ4v) is 2.23. The van der Waals surface area contributed by atoms with Crippen molar-refractivity contribution in [2.24, 2.45) is 0 Å². The van der Waals surface area contributed by atoms with E-state index in [4.69, 9.17) is 9.47 Å². The van der Waals surface area contributed by atoms with E-state index in [1.807, 2.05) is 10.7 Å². The maximum atomic E-state index is 11.5. The van der Waals surface area contributed by atoms with Gasteiger partial charge in [-0.15, -0.1) is 0 Å². The molecule has 5 heteroatoms. The van der Waals surface area contributed by atoms with Crippen LogP contribution in [0, 0.1) is 0 Å². The number of hydrogen-bond donors (Lipinski definition) is 0. The van der Waals surface area contributed by atoms with Crippen LogP contribution in [-0.2, 0) is 15.0 Å². The monoisotopic (exact) mass is 246 g/mol. The van der Waals surface area contributed by atoms with Crippen molar-refractivity contribution in [3.05, 3.63) is 30.0 Å². The molecule has 0 saturated carbocycles. The third kappa shape index (κ3) is 1.51. The number of hydrogen-bond acceptors (Lipinski definition) is 4. The average molecular weight is 246 g/mol. The maximum absolute atomic E-state index is 11.5. The number of carbonyl (C=O) groups excluding carboxylic acids is 1. The van der Waals surface area contributed by atoms with Crippen molar-refractivity contribution in [1.29, 1.82) is 0 Å². The molecule has 0 unspecified atom stereocenters. The number of nitrogens with zero attached hydrogens (tertiary/aromatic N) is 2. The minimum absolute atomic E-state index is 0.0749. The number of fused-ring (bicyclic) bond motifs is 1. The van der Waals surface area contributed by atoms with Gasteiger partial charge in [-0.3, -0.25) is 4.68 Å². The number of methoxy groups -OCH3 is 1. The summed E-state index contributed by atoms with van der Waals surface area (Å²) >= 11 is 0. The summed E-state index contributed by atoms with van der Waals surface area (Å²) in [6.07, 6.45) is 1.77. The molecule has 2 aromatic rings. The number of rotatable bonds is 2. The van der Waals surface area contributed by atoms with E-state index in [2.05, 4.69) is 12.0 Å². The van der Waals surface area contributed by atoms with E-state index in [9.17, 15) is 4.79 Å². The highest BCUT2D eigenvalue weighted by atomic mass is 16.5. The van der Waals surface area contributed by atoms with Gasteiger partial charge in [0.1, 0.15) is 5.54 Å². The van der Waals surface area contributed by atoms with E-state index in [0.717, 1.165) is 10.9 Å². The highest BCUT2D eigenvalue weighted by molar-refractivity contribution is 5.94. The first-order chi connectivity index (χ1) is 8.64. The van der Waals surface area contributed by atoms with Gasteiger partial charge in [0.05, 0.1) is 37.6 Å². The second kappa shape index (κ2) is 3.81. The van der Waals surface area contributed by atoms with Gasteiger partial charge >= 0.3 is 5.97 Å². The molecular formula is C13H14N2O3. The van der Waals surface area contributed by atoms with Crippen molar-refractivity contribution in [2.45, 2.75) is 12.5 Å². The van der Waals surface area contributed by atoms with Gasteiger partial charge in [-0.05, 0) is 25.1 Å². The molecule has 1 saturated heterocycles. The highest BCUT2D eigenvalue weighted by Gasteiger charge is 2.37. The van der Waals surface area contributed by atoms with Crippen molar-refractivity contribution in [3.8, 4) is 0 Å². The molecule has 0 aliphatic carbocycles. The lowest BCUT2D eigenvalue weighted by molar-refractivity contribution is -0.0934. The van der Waals surface area contributed by atoms with E-state index < -0.39 is 0 Å². The molecule has 94 valence electrons. The molecule has 0 spiro atoms. The van der Waals surface area contributed by atoms with Crippen LogP contribution in [0.2, 0.25) is 0 Å². The SMILES string of the molecule is COC(=O)c1ccc2c(cnn2C2(C)COC2)c1. The third-order valence-corrected chi connectivity index (χ3v) is 3.33. The van der Waals surface area contributed by atoms with E-state index in [1.165, 1.54) is 7.11 Å². The lowest BCUT2D eigenvalue weighted by Crippen LogP contribution is -2.49.